The topological polar surface area (TPSA) is 79.8 Å². The van der Waals surface area contributed by atoms with Crippen LogP contribution in [-0.4, -0.2) is 15.4 Å². The Bertz CT molecular complexity index is 844. The molecule has 0 bridgehead atoms. The van der Waals surface area contributed by atoms with Crippen LogP contribution in [0.2, 0.25) is 0 Å². The minimum absolute atomic E-state index is 0.0854. The number of hydrogen-bond acceptors (Lipinski definition) is 5. The Morgan fingerprint density at radius 3 is 2.36 bits per heavy atom. The summed E-state index contributed by atoms with van der Waals surface area (Å²) in [4.78, 5) is 24.0. The highest BCUT2D eigenvalue weighted by Crippen LogP contribution is 2.18. The van der Waals surface area contributed by atoms with E-state index in [1.807, 2.05) is 36.6 Å². The van der Waals surface area contributed by atoms with Crippen LogP contribution in [0.25, 0.3) is 0 Å². The van der Waals surface area contributed by atoms with Crippen molar-refractivity contribution in [3.63, 3.8) is 0 Å². The summed E-state index contributed by atoms with van der Waals surface area (Å²) in [5, 5.41) is 12.2. The molecular formula is C15H16N4O2S. The summed E-state index contributed by atoms with van der Waals surface area (Å²) in [7, 11) is 2.87. The fourth-order valence-electron chi connectivity index (χ4n) is 2.08. The molecule has 0 fully saturated rings. The molecule has 0 atom stereocenters. The summed E-state index contributed by atoms with van der Waals surface area (Å²) < 4.78 is 2.18. The molecule has 1 heterocycles. The predicted octanol–water partition coefficient (Wildman–Crippen LogP) is 1.56. The number of aromatic nitrogens is 2. The molecule has 2 rings (SSSR count). The third kappa shape index (κ3) is 2.92. The summed E-state index contributed by atoms with van der Waals surface area (Å²) in [6, 6.07) is 9.50. The van der Waals surface area contributed by atoms with Gasteiger partial charge in [-0.3, -0.25) is 13.9 Å². The molecule has 6 nitrogen and oxygen atoms in total. The Balaban J connectivity index is 2.48. The molecule has 0 spiro atoms. The van der Waals surface area contributed by atoms with E-state index in [0.29, 0.717) is 5.69 Å². The first-order valence-electron chi connectivity index (χ1n) is 6.54. The van der Waals surface area contributed by atoms with Gasteiger partial charge in [-0.2, -0.15) is 17.0 Å². The van der Waals surface area contributed by atoms with E-state index in [4.69, 9.17) is 0 Å². The zero-order valence-corrected chi connectivity index (χ0v) is 13.4. The van der Waals surface area contributed by atoms with E-state index in [-0.39, 0.29) is 11.4 Å². The van der Waals surface area contributed by atoms with E-state index in [1.165, 1.54) is 24.2 Å². The maximum Gasteiger partial charge on any atom is 0.332 e. The maximum atomic E-state index is 12.0. The average Bonchev–Trinajstić information content (AvgIpc) is 2.53. The SMILES string of the molecule is CSCc1ccc(Nc2c(C#N)c(=O)n(C)c(=O)n2C)cc1. The normalized spacial score (nSPS) is 10.3. The van der Waals surface area contributed by atoms with E-state index in [1.54, 1.807) is 11.8 Å². The quantitative estimate of drug-likeness (QED) is 0.926. The summed E-state index contributed by atoms with van der Waals surface area (Å²) in [5.74, 6) is 1.11. The molecule has 0 saturated heterocycles. The molecule has 0 aliphatic heterocycles. The molecule has 0 saturated carbocycles. The number of thioether (sulfide) groups is 1. The lowest BCUT2D eigenvalue weighted by Gasteiger charge is -2.14. The molecule has 1 aromatic carbocycles. The fourth-order valence-corrected chi connectivity index (χ4v) is 2.60. The van der Waals surface area contributed by atoms with Gasteiger partial charge in [0.25, 0.3) is 5.56 Å². The molecular weight excluding hydrogens is 300 g/mol. The lowest BCUT2D eigenvalue weighted by Crippen LogP contribution is -2.39. The molecule has 22 heavy (non-hydrogen) atoms. The highest BCUT2D eigenvalue weighted by Gasteiger charge is 2.15. The van der Waals surface area contributed by atoms with Crippen LogP contribution >= 0.6 is 11.8 Å². The summed E-state index contributed by atoms with van der Waals surface area (Å²) >= 11 is 1.73. The Hall–Kier alpha value is -2.46. The van der Waals surface area contributed by atoms with Gasteiger partial charge in [0.15, 0.2) is 5.56 Å². The van der Waals surface area contributed by atoms with Gasteiger partial charge in [-0.25, -0.2) is 4.79 Å². The zero-order chi connectivity index (χ0) is 16.3. The van der Waals surface area contributed by atoms with Gasteiger partial charge in [0.1, 0.15) is 11.9 Å². The number of nitriles is 1. The first kappa shape index (κ1) is 15.9. The van der Waals surface area contributed by atoms with E-state index in [0.717, 1.165) is 10.3 Å². The minimum Gasteiger partial charge on any atom is -0.340 e. The summed E-state index contributed by atoms with van der Waals surface area (Å²) in [5.41, 5.74) is 0.719. The predicted molar refractivity (Wildman–Crippen MR) is 88.6 cm³/mol. The van der Waals surface area contributed by atoms with Gasteiger partial charge in [-0.05, 0) is 24.0 Å². The molecule has 0 amide bonds. The van der Waals surface area contributed by atoms with Crippen LogP contribution in [-0.2, 0) is 19.8 Å². The molecule has 2 aromatic rings. The van der Waals surface area contributed by atoms with Gasteiger partial charge in [-0.15, -0.1) is 0 Å². The smallest absolute Gasteiger partial charge is 0.332 e. The number of benzene rings is 1. The van der Waals surface area contributed by atoms with Crippen LogP contribution in [0.1, 0.15) is 11.1 Å². The van der Waals surface area contributed by atoms with Gasteiger partial charge in [0.2, 0.25) is 0 Å². The maximum absolute atomic E-state index is 12.0. The molecule has 0 unspecified atom stereocenters. The van der Waals surface area contributed by atoms with Crippen LogP contribution in [0, 0.1) is 11.3 Å². The molecule has 0 radical (unpaired) electrons. The van der Waals surface area contributed by atoms with Gasteiger partial charge in [0, 0.05) is 25.5 Å². The number of rotatable bonds is 4. The van der Waals surface area contributed by atoms with Crippen molar-refractivity contribution in [3.05, 3.63) is 56.2 Å². The lowest BCUT2D eigenvalue weighted by atomic mass is 10.2. The van der Waals surface area contributed by atoms with E-state index in [9.17, 15) is 14.9 Å². The third-order valence-electron chi connectivity index (χ3n) is 3.30. The minimum atomic E-state index is -0.605. The van der Waals surface area contributed by atoms with Gasteiger partial charge >= 0.3 is 5.69 Å². The number of anilines is 2. The largest absolute Gasteiger partial charge is 0.340 e. The lowest BCUT2D eigenvalue weighted by molar-refractivity contribution is 0.689. The first-order valence-corrected chi connectivity index (χ1v) is 7.94. The average molecular weight is 316 g/mol. The Morgan fingerprint density at radius 2 is 1.82 bits per heavy atom. The van der Waals surface area contributed by atoms with Crippen LogP contribution in [0.5, 0.6) is 0 Å². The van der Waals surface area contributed by atoms with Crippen molar-refractivity contribution >= 4 is 23.3 Å². The molecule has 114 valence electrons. The van der Waals surface area contributed by atoms with Crippen molar-refractivity contribution in [1.29, 1.82) is 5.26 Å². The van der Waals surface area contributed by atoms with Crippen molar-refractivity contribution in [2.24, 2.45) is 14.1 Å². The molecule has 1 N–H and O–H groups in total. The first-order chi connectivity index (χ1) is 10.5. The molecule has 1 aromatic heterocycles. The molecule has 0 aliphatic rings. The zero-order valence-electron chi connectivity index (χ0n) is 12.6. The number of hydrogen-bond donors (Lipinski definition) is 1. The van der Waals surface area contributed by atoms with Crippen LogP contribution < -0.4 is 16.6 Å². The third-order valence-corrected chi connectivity index (χ3v) is 3.93. The van der Waals surface area contributed by atoms with Crippen molar-refractivity contribution in [2.75, 3.05) is 11.6 Å². The van der Waals surface area contributed by atoms with Crippen molar-refractivity contribution < 1.29 is 0 Å². The number of nitrogens with one attached hydrogen (secondary N) is 1. The second-order valence-electron chi connectivity index (χ2n) is 4.80. The van der Waals surface area contributed by atoms with Crippen LogP contribution in [0.15, 0.2) is 33.9 Å². The van der Waals surface area contributed by atoms with Gasteiger partial charge in [0.05, 0.1) is 0 Å². The van der Waals surface area contributed by atoms with E-state index >= 15 is 0 Å². The Kier molecular flexibility index (Phi) is 4.73. The summed E-state index contributed by atoms with van der Waals surface area (Å²) in [6.45, 7) is 0. The standard InChI is InChI=1S/C15H16N4O2S/c1-18-13(12(8-16)14(20)19(2)15(18)21)17-11-6-4-10(5-7-11)9-22-3/h4-7,17H,9H2,1-3H3. The van der Waals surface area contributed by atoms with Crippen molar-refractivity contribution in [3.8, 4) is 6.07 Å². The summed E-state index contributed by atoms with van der Waals surface area (Å²) in [6.07, 6.45) is 2.03. The van der Waals surface area contributed by atoms with Gasteiger partial charge in [-0.1, -0.05) is 12.1 Å². The highest BCUT2D eigenvalue weighted by atomic mass is 32.2. The van der Waals surface area contributed by atoms with Crippen molar-refractivity contribution in [1.82, 2.24) is 9.13 Å². The van der Waals surface area contributed by atoms with E-state index in [2.05, 4.69) is 5.32 Å². The Labute approximate surface area is 132 Å². The Morgan fingerprint density at radius 1 is 1.18 bits per heavy atom. The second-order valence-corrected chi connectivity index (χ2v) is 5.66. The van der Waals surface area contributed by atoms with Crippen molar-refractivity contribution in [2.45, 2.75) is 5.75 Å². The molecule has 7 heteroatoms. The highest BCUT2D eigenvalue weighted by molar-refractivity contribution is 7.97. The van der Waals surface area contributed by atoms with E-state index < -0.39 is 11.2 Å². The fraction of sp³-hybridized carbons (Fsp3) is 0.267. The monoisotopic (exact) mass is 316 g/mol. The van der Waals surface area contributed by atoms with Crippen LogP contribution in [0.4, 0.5) is 11.5 Å². The molecule has 0 aliphatic carbocycles. The second kappa shape index (κ2) is 6.54. The van der Waals surface area contributed by atoms with Gasteiger partial charge < -0.3 is 5.32 Å². The van der Waals surface area contributed by atoms with Crippen LogP contribution in [0.3, 0.4) is 0 Å². The number of nitrogens with zero attached hydrogens (tertiary/aromatic N) is 3.